The highest BCUT2D eigenvalue weighted by Crippen LogP contribution is 2.21. The molecule has 0 aliphatic carbocycles. The molecule has 1 unspecified atom stereocenters. The van der Waals surface area contributed by atoms with E-state index in [4.69, 9.17) is 9.84 Å². The molecule has 0 bridgehead atoms. The molecule has 0 spiro atoms. The average Bonchev–Trinajstić information content (AvgIpc) is 2.42. The summed E-state index contributed by atoms with van der Waals surface area (Å²) in [6, 6.07) is 0.854. The Bertz CT molecular complexity index is 519. The van der Waals surface area contributed by atoms with E-state index in [9.17, 15) is 14.9 Å². The van der Waals surface area contributed by atoms with Crippen LogP contribution in [-0.2, 0) is 4.74 Å². The number of rotatable bonds is 8. The topological polar surface area (TPSA) is 115 Å². The van der Waals surface area contributed by atoms with Crippen LogP contribution in [-0.4, -0.2) is 40.2 Å². The second-order valence-electron chi connectivity index (χ2n) is 4.81. The zero-order valence-electron chi connectivity index (χ0n) is 12.2. The van der Waals surface area contributed by atoms with Crippen molar-refractivity contribution < 1.29 is 19.6 Å². The Morgan fingerprint density at radius 2 is 2.24 bits per heavy atom. The molecule has 8 heteroatoms. The van der Waals surface area contributed by atoms with E-state index in [2.05, 4.69) is 10.3 Å². The van der Waals surface area contributed by atoms with Crippen LogP contribution in [0.15, 0.2) is 12.3 Å². The van der Waals surface area contributed by atoms with Gasteiger partial charge in [0.05, 0.1) is 17.6 Å². The van der Waals surface area contributed by atoms with Crippen LogP contribution in [0.4, 0.5) is 11.5 Å². The quantitative estimate of drug-likeness (QED) is 0.558. The van der Waals surface area contributed by atoms with Crippen LogP contribution in [0.3, 0.4) is 0 Å². The highest BCUT2D eigenvalue weighted by Gasteiger charge is 2.21. The molecule has 0 amide bonds. The van der Waals surface area contributed by atoms with Gasteiger partial charge in [0.15, 0.2) is 0 Å². The third-order valence-electron chi connectivity index (χ3n) is 2.94. The lowest BCUT2D eigenvalue weighted by atomic mass is 10.0. The molecule has 1 rings (SSSR count). The summed E-state index contributed by atoms with van der Waals surface area (Å²) >= 11 is 0. The number of nitrogens with zero attached hydrogens (tertiary/aromatic N) is 2. The molecule has 21 heavy (non-hydrogen) atoms. The van der Waals surface area contributed by atoms with Crippen molar-refractivity contribution in [2.75, 3.05) is 18.5 Å². The standard InChI is InChI=1S/C13H19N3O5/c1-4-21-7-11(8(2)3)15-12-10(13(17)18)5-9(6-14-12)16(19)20/h5-6,8,11H,4,7H2,1-3H3,(H,14,15)(H,17,18). The van der Waals surface area contributed by atoms with Gasteiger partial charge in [0.2, 0.25) is 0 Å². The second-order valence-corrected chi connectivity index (χ2v) is 4.81. The largest absolute Gasteiger partial charge is 0.478 e. The maximum Gasteiger partial charge on any atom is 0.339 e. The molecule has 0 radical (unpaired) electrons. The van der Waals surface area contributed by atoms with Crippen LogP contribution < -0.4 is 5.32 Å². The van der Waals surface area contributed by atoms with Crippen molar-refractivity contribution in [1.82, 2.24) is 4.98 Å². The summed E-state index contributed by atoms with van der Waals surface area (Å²) in [4.78, 5) is 25.1. The lowest BCUT2D eigenvalue weighted by Gasteiger charge is -2.23. The Kier molecular flexibility index (Phi) is 6.04. The Morgan fingerprint density at radius 1 is 1.57 bits per heavy atom. The van der Waals surface area contributed by atoms with E-state index < -0.39 is 10.9 Å². The number of anilines is 1. The zero-order chi connectivity index (χ0) is 16.0. The van der Waals surface area contributed by atoms with Crippen molar-refractivity contribution in [3.63, 3.8) is 0 Å². The molecule has 0 saturated carbocycles. The molecule has 0 aliphatic heterocycles. The van der Waals surface area contributed by atoms with E-state index in [0.29, 0.717) is 13.2 Å². The summed E-state index contributed by atoms with van der Waals surface area (Å²) in [5.41, 5.74) is -0.588. The normalized spacial score (nSPS) is 12.2. The van der Waals surface area contributed by atoms with Crippen molar-refractivity contribution in [3.8, 4) is 0 Å². The fourth-order valence-corrected chi connectivity index (χ4v) is 1.65. The second kappa shape index (κ2) is 7.53. The lowest BCUT2D eigenvalue weighted by Crippen LogP contribution is -2.32. The predicted octanol–water partition coefficient (Wildman–Crippen LogP) is 2.16. The predicted molar refractivity (Wildman–Crippen MR) is 76.6 cm³/mol. The third-order valence-corrected chi connectivity index (χ3v) is 2.94. The number of carboxylic acids is 1. The van der Waals surface area contributed by atoms with Gasteiger partial charge in [-0.05, 0) is 12.8 Å². The summed E-state index contributed by atoms with van der Waals surface area (Å²) in [5, 5.41) is 22.8. The van der Waals surface area contributed by atoms with Crippen molar-refractivity contribution >= 4 is 17.5 Å². The van der Waals surface area contributed by atoms with Crippen LogP contribution in [0, 0.1) is 16.0 Å². The number of ether oxygens (including phenoxy) is 1. The van der Waals surface area contributed by atoms with Crippen molar-refractivity contribution in [1.29, 1.82) is 0 Å². The Morgan fingerprint density at radius 3 is 2.71 bits per heavy atom. The van der Waals surface area contributed by atoms with Gasteiger partial charge >= 0.3 is 5.97 Å². The van der Waals surface area contributed by atoms with Gasteiger partial charge in [-0.3, -0.25) is 10.1 Å². The first kappa shape index (κ1) is 16.8. The maximum absolute atomic E-state index is 11.2. The number of hydrogen-bond donors (Lipinski definition) is 2. The SMILES string of the molecule is CCOCC(Nc1ncc([N+](=O)[O-])cc1C(=O)O)C(C)C. The molecule has 0 aliphatic rings. The molecule has 1 heterocycles. The molecule has 1 aromatic rings. The van der Waals surface area contributed by atoms with Gasteiger partial charge in [-0.25, -0.2) is 9.78 Å². The van der Waals surface area contributed by atoms with Gasteiger partial charge in [0, 0.05) is 12.7 Å². The molecule has 116 valence electrons. The van der Waals surface area contributed by atoms with Crippen molar-refractivity contribution in [3.05, 3.63) is 27.9 Å². The molecule has 0 saturated heterocycles. The molecule has 0 aromatic carbocycles. The van der Waals surface area contributed by atoms with Gasteiger partial charge in [0.25, 0.3) is 5.69 Å². The summed E-state index contributed by atoms with van der Waals surface area (Å²) in [6.45, 7) is 6.73. The Balaban J connectivity index is 3.05. The Labute approximate surface area is 122 Å². The Hall–Kier alpha value is -2.22. The molecular formula is C13H19N3O5. The smallest absolute Gasteiger partial charge is 0.339 e. The van der Waals surface area contributed by atoms with Crippen LogP contribution in [0.2, 0.25) is 0 Å². The first-order valence-corrected chi connectivity index (χ1v) is 6.58. The van der Waals surface area contributed by atoms with Gasteiger partial charge in [0.1, 0.15) is 17.6 Å². The van der Waals surface area contributed by atoms with Crippen LogP contribution in [0.25, 0.3) is 0 Å². The van der Waals surface area contributed by atoms with Crippen LogP contribution >= 0.6 is 0 Å². The number of aromatic nitrogens is 1. The fraction of sp³-hybridized carbons (Fsp3) is 0.538. The first-order valence-electron chi connectivity index (χ1n) is 6.58. The molecule has 0 fully saturated rings. The summed E-state index contributed by atoms with van der Waals surface area (Å²) in [5.74, 6) is -0.991. The van der Waals surface area contributed by atoms with E-state index in [1.165, 1.54) is 0 Å². The third kappa shape index (κ3) is 4.67. The fourth-order valence-electron chi connectivity index (χ4n) is 1.65. The maximum atomic E-state index is 11.2. The number of nitrogens with one attached hydrogen (secondary N) is 1. The van der Waals surface area contributed by atoms with Gasteiger partial charge < -0.3 is 15.2 Å². The molecular weight excluding hydrogens is 278 g/mol. The van der Waals surface area contributed by atoms with Crippen molar-refractivity contribution in [2.45, 2.75) is 26.8 Å². The monoisotopic (exact) mass is 297 g/mol. The number of carbonyl (C=O) groups is 1. The van der Waals surface area contributed by atoms with E-state index >= 15 is 0 Å². The van der Waals surface area contributed by atoms with Gasteiger partial charge in [-0.15, -0.1) is 0 Å². The molecule has 1 aromatic heterocycles. The number of aromatic carboxylic acids is 1. The minimum absolute atomic E-state index is 0.103. The zero-order valence-corrected chi connectivity index (χ0v) is 12.2. The number of pyridine rings is 1. The van der Waals surface area contributed by atoms with Crippen LogP contribution in [0.1, 0.15) is 31.1 Å². The average molecular weight is 297 g/mol. The minimum atomic E-state index is -1.27. The van der Waals surface area contributed by atoms with Crippen molar-refractivity contribution in [2.24, 2.45) is 5.92 Å². The number of hydrogen-bond acceptors (Lipinski definition) is 6. The molecule has 2 N–H and O–H groups in total. The van der Waals surface area contributed by atoms with E-state index in [1.807, 2.05) is 20.8 Å². The molecule has 8 nitrogen and oxygen atoms in total. The van der Waals surface area contributed by atoms with E-state index in [0.717, 1.165) is 12.3 Å². The first-order chi connectivity index (χ1) is 9.86. The van der Waals surface area contributed by atoms with E-state index in [-0.39, 0.29) is 29.0 Å². The van der Waals surface area contributed by atoms with E-state index in [1.54, 1.807) is 0 Å². The van der Waals surface area contributed by atoms with Gasteiger partial charge in [-0.1, -0.05) is 13.8 Å². The highest BCUT2D eigenvalue weighted by atomic mass is 16.6. The lowest BCUT2D eigenvalue weighted by molar-refractivity contribution is -0.385. The van der Waals surface area contributed by atoms with Gasteiger partial charge in [-0.2, -0.15) is 0 Å². The number of nitro groups is 1. The summed E-state index contributed by atoms with van der Waals surface area (Å²) in [7, 11) is 0. The summed E-state index contributed by atoms with van der Waals surface area (Å²) in [6.07, 6.45) is 1.03. The van der Waals surface area contributed by atoms with Crippen LogP contribution in [0.5, 0.6) is 0 Å². The highest BCUT2D eigenvalue weighted by molar-refractivity contribution is 5.93. The summed E-state index contributed by atoms with van der Waals surface area (Å²) < 4.78 is 5.35. The molecule has 1 atom stereocenters. The minimum Gasteiger partial charge on any atom is -0.478 e. The number of carboxylic acid groups (broad SMARTS) is 1.